The molecule has 0 bridgehead atoms. The van der Waals surface area contributed by atoms with Crippen molar-refractivity contribution in [2.24, 2.45) is 5.73 Å². The van der Waals surface area contributed by atoms with Crippen LogP contribution in [0.15, 0.2) is 0 Å². The highest BCUT2D eigenvalue weighted by Gasteiger charge is 2.31. The van der Waals surface area contributed by atoms with E-state index in [0.717, 1.165) is 12.8 Å². The lowest BCUT2D eigenvalue weighted by Gasteiger charge is -2.39. The van der Waals surface area contributed by atoms with E-state index in [1.165, 1.54) is 19.3 Å². The van der Waals surface area contributed by atoms with E-state index in [1.807, 2.05) is 4.90 Å². The Morgan fingerprint density at radius 1 is 1.33 bits per heavy atom. The zero-order chi connectivity index (χ0) is 10.7. The molecule has 2 N–H and O–H groups in total. The summed E-state index contributed by atoms with van der Waals surface area (Å²) in [6.45, 7) is 1.43. The number of nitrogens with zero attached hydrogens (tertiary/aromatic N) is 1. The summed E-state index contributed by atoms with van der Waals surface area (Å²) >= 11 is 0. The minimum Gasteiger partial charge on any atom is -0.365 e. The number of carbonyl (C=O) groups excluding carboxylic acids is 1. The molecule has 0 spiro atoms. The van der Waals surface area contributed by atoms with Crippen LogP contribution in [-0.2, 0) is 9.53 Å². The molecule has 15 heavy (non-hydrogen) atoms. The van der Waals surface area contributed by atoms with Gasteiger partial charge in [0.1, 0.15) is 6.61 Å². The van der Waals surface area contributed by atoms with Gasteiger partial charge >= 0.3 is 0 Å². The molecule has 0 aromatic rings. The van der Waals surface area contributed by atoms with Crippen molar-refractivity contribution >= 4 is 5.91 Å². The Hall–Kier alpha value is -0.610. The number of nitrogens with two attached hydrogens (primary N) is 1. The maximum Gasteiger partial charge on any atom is 0.248 e. The van der Waals surface area contributed by atoms with E-state index in [9.17, 15) is 4.79 Å². The van der Waals surface area contributed by atoms with Crippen molar-refractivity contribution in [3.8, 4) is 0 Å². The van der Waals surface area contributed by atoms with Gasteiger partial charge in [0.2, 0.25) is 5.91 Å². The third kappa shape index (κ3) is 2.49. The highest BCUT2D eigenvalue weighted by molar-refractivity contribution is 5.78. The molecular weight excluding hydrogens is 192 g/mol. The number of hydrogen-bond acceptors (Lipinski definition) is 3. The van der Waals surface area contributed by atoms with Crippen LogP contribution in [0.25, 0.3) is 0 Å². The molecule has 86 valence electrons. The second kappa shape index (κ2) is 4.94. The van der Waals surface area contributed by atoms with Crippen LogP contribution in [0.3, 0.4) is 0 Å². The number of hydrogen-bond donors (Lipinski definition) is 1. The quantitative estimate of drug-likeness (QED) is 0.725. The second-order valence-corrected chi connectivity index (χ2v) is 4.51. The molecule has 1 aliphatic carbocycles. The van der Waals surface area contributed by atoms with Crippen LogP contribution in [0.1, 0.15) is 32.1 Å². The minimum absolute atomic E-state index is 0.0460. The van der Waals surface area contributed by atoms with E-state index in [2.05, 4.69) is 0 Å². The Morgan fingerprint density at radius 3 is 2.73 bits per heavy atom. The minimum atomic E-state index is 0.0460. The SMILES string of the molecule is NC[C@H]1CN(C2CCCCC2)C(=O)CO1. The van der Waals surface area contributed by atoms with Gasteiger partial charge in [0.25, 0.3) is 0 Å². The van der Waals surface area contributed by atoms with E-state index in [0.29, 0.717) is 19.1 Å². The lowest BCUT2D eigenvalue weighted by atomic mass is 9.93. The summed E-state index contributed by atoms with van der Waals surface area (Å²) < 4.78 is 5.34. The molecule has 0 radical (unpaired) electrons. The van der Waals surface area contributed by atoms with E-state index < -0.39 is 0 Å². The third-order valence-corrected chi connectivity index (χ3v) is 3.44. The lowest BCUT2D eigenvalue weighted by molar-refractivity contribution is -0.152. The van der Waals surface area contributed by atoms with Crippen LogP contribution in [-0.4, -0.2) is 42.6 Å². The van der Waals surface area contributed by atoms with Gasteiger partial charge in [0.05, 0.1) is 6.10 Å². The van der Waals surface area contributed by atoms with Gasteiger partial charge in [-0.2, -0.15) is 0 Å². The van der Waals surface area contributed by atoms with E-state index in [1.54, 1.807) is 0 Å². The lowest BCUT2D eigenvalue weighted by Crippen LogP contribution is -2.53. The zero-order valence-corrected chi connectivity index (χ0v) is 9.15. The van der Waals surface area contributed by atoms with Crippen molar-refractivity contribution in [2.75, 3.05) is 19.7 Å². The fourth-order valence-corrected chi connectivity index (χ4v) is 2.53. The van der Waals surface area contributed by atoms with Gasteiger partial charge in [-0.05, 0) is 12.8 Å². The topological polar surface area (TPSA) is 55.6 Å². The fraction of sp³-hybridized carbons (Fsp3) is 0.909. The van der Waals surface area contributed by atoms with Crippen molar-refractivity contribution < 1.29 is 9.53 Å². The molecule has 1 aliphatic heterocycles. The third-order valence-electron chi connectivity index (χ3n) is 3.44. The molecule has 4 heteroatoms. The molecular formula is C11H20N2O2. The molecule has 1 atom stereocenters. The van der Waals surface area contributed by atoms with Gasteiger partial charge in [-0.15, -0.1) is 0 Å². The van der Waals surface area contributed by atoms with E-state index in [-0.39, 0.29) is 18.6 Å². The molecule has 0 aromatic heterocycles. The maximum atomic E-state index is 11.7. The first-order valence-corrected chi connectivity index (χ1v) is 5.92. The summed E-state index contributed by atoms with van der Waals surface area (Å²) in [6.07, 6.45) is 6.18. The summed E-state index contributed by atoms with van der Waals surface area (Å²) in [5.41, 5.74) is 5.58. The summed E-state index contributed by atoms with van der Waals surface area (Å²) in [5.74, 6) is 0.145. The van der Waals surface area contributed by atoms with Crippen molar-refractivity contribution in [3.63, 3.8) is 0 Å². The van der Waals surface area contributed by atoms with Crippen LogP contribution in [0, 0.1) is 0 Å². The predicted octanol–water partition coefficient (Wildman–Crippen LogP) is 0.505. The molecule has 2 fully saturated rings. The van der Waals surface area contributed by atoms with Crippen LogP contribution in [0.2, 0.25) is 0 Å². The average Bonchev–Trinajstić information content (AvgIpc) is 2.31. The monoisotopic (exact) mass is 212 g/mol. The molecule has 0 unspecified atom stereocenters. The Labute approximate surface area is 90.8 Å². The standard InChI is InChI=1S/C11H20N2O2/c12-6-10-7-13(11(14)8-15-10)9-4-2-1-3-5-9/h9-10H,1-8,12H2/t10-/m0/s1. The molecule has 2 aliphatic rings. The summed E-state index contributed by atoms with van der Waals surface area (Å²) in [5, 5.41) is 0. The zero-order valence-electron chi connectivity index (χ0n) is 9.15. The van der Waals surface area contributed by atoms with Crippen molar-refractivity contribution in [1.82, 2.24) is 4.90 Å². The van der Waals surface area contributed by atoms with Gasteiger partial charge in [-0.25, -0.2) is 0 Å². The number of rotatable bonds is 2. The van der Waals surface area contributed by atoms with E-state index in [4.69, 9.17) is 10.5 Å². The Kier molecular flexibility index (Phi) is 3.59. The first kappa shape index (κ1) is 10.9. The molecule has 1 saturated heterocycles. The van der Waals surface area contributed by atoms with Crippen LogP contribution >= 0.6 is 0 Å². The van der Waals surface area contributed by atoms with Crippen LogP contribution in [0.5, 0.6) is 0 Å². The molecule has 1 saturated carbocycles. The van der Waals surface area contributed by atoms with Gasteiger partial charge in [-0.3, -0.25) is 4.79 Å². The Morgan fingerprint density at radius 2 is 2.07 bits per heavy atom. The van der Waals surface area contributed by atoms with Crippen LogP contribution in [0.4, 0.5) is 0 Å². The highest BCUT2D eigenvalue weighted by Crippen LogP contribution is 2.24. The molecule has 1 heterocycles. The van der Waals surface area contributed by atoms with Gasteiger partial charge in [-0.1, -0.05) is 19.3 Å². The van der Waals surface area contributed by atoms with Crippen molar-refractivity contribution in [3.05, 3.63) is 0 Å². The molecule has 1 amide bonds. The van der Waals surface area contributed by atoms with Gasteiger partial charge in [0, 0.05) is 19.1 Å². The molecule has 2 rings (SSSR count). The van der Waals surface area contributed by atoms with Crippen LogP contribution < -0.4 is 5.73 Å². The molecule has 0 aromatic carbocycles. The Bertz CT molecular complexity index is 227. The molecule has 4 nitrogen and oxygen atoms in total. The highest BCUT2D eigenvalue weighted by atomic mass is 16.5. The van der Waals surface area contributed by atoms with Crippen molar-refractivity contribution in [1.29, 1.82) is 0 Å². The number of carbonyl (C=O) groups is 1. The average molecular weight is 212 g/mol. The smallest absolute Gasteiger partial charge is 0.248 e. The van der Waals surface area contributed by atoms with Gasteiger partial charge < -0.3 is 15.4 Å². The number of ether oxygens (including phenoxy) is 1. The number of amides is 1. The normalized spacial score (nSPS) is 29.5. The first-order valence-electron chi connectivity index (χ1n) is 5.92. The first-order chi connectivity index (χ1) is 7.31. The predicted molar refractivity (Wildman–Crippen MR) is 57.4 cm³/mol. The summed E-state index contributed by atoms with van der Waals surface area (Å²) in [7, 11) is 0. The largest absolute Gasteiger partial charge is 0.365 e. The van der Waals surface area contributed by atoms with Crippen molar-refractivity contribution in [2.45, 2.75) is 44.2 Å². The van der Waals surface area contributed by atoms with Gasteiger partial charge in [0.15, 0.2) is 0 Å². The van der Waals surface area contributed by atoms with E-state index >= 15 is 0 Å². The summed E-state index contributed by atoms with van der Waals surface area (Å²) in [6, 6.07) is 0.448. The Balaban J connectivity index is 1.95. The second-order valence-electron chi connectivity index (χ2n) is 4.51. The maximum absolute atomic E-state index is 11.7. The summed E-state index contributed by atoms with van der Waals surface area (Å²) in [4.78, 5) is 13.7. The fourth-order valence-electron chi connectivity index (χ4n) is 2.53. The number of morpholine rings is 1.